The van der Waals surface area contributed by atoms with E-state index in [1.807, 2.05) is 24.3 Å². The minimum Gasteiger partial charge on any atom is -0.497 e. The molecule has 1 heterocycles. The van der Waals surface area contributed by atoms with Gasteiger partial charge >= 0.3 is 0 Å². The summed E-state index contributed by atoms with van der Waals surface area (Å²) in [6.45, 7) is 8.18. The number of thiocarbonyl (C=S) groups is 1. The van der Waals surface area contributed by atoms with Crippen molar-refractivity contribution in [1.82, 2.24) is 4.90 Å². The number of hydrogen-bond acceptors (Lipinski definition) is 3. The average molecular weight is 356 g/mol. The van der Waals surface area contributed by atoms with Crippen LogP contribution in [0.4, 0.5) is 11.4 Å². The van der Waals surface area contributed by atoms with Gasteiger partial charge in [0.05, 0.1) is 7.11 Å². The summed E-state index contributed by atoms with van der Waals surface area (Å²) in [6.07, 6.45) is 0. The van der Waals surface area contributed by atoms with Crippen LogP contribution in [0.25, 0.3) is 0 Å². The lowest BCUT2D eigenvalue weighted by Crippen LogP contribution is -2.50. The van der Waals surface area contributed by atoms with Crippen LogP contribution in [0.1, 0.15) is 11.1 Å². The van der Waals surface area contributed by atoms with Gasteiger partial charge in [0.1, 0.15) is 5.75 Å². The van der Waals surface area contributed by atoms with Gasteiger partial charge in [0.2, 0.25) is 0 Å². The third-order valence-corrected chi connectivity index (χ3v) is 5.19. The Morgan fingerprint density at radius 2 is 1.68 bits per heavy atom. The zero-order valence-corrected chi connectivity index (χ0v) is 15.9. The molecule has 4 nitrogen and oxygen atoms in total. The minimum absolute atomic E-state index is 0.783. The fourth-order valence-electron chi connectivity index (χ4n) is 3.11. The van der Waals surface area contributed by atoms with Gasteiger partial charge in [-0.3, -0.25) is 0 Å². The molecule has 0 atom stereocenters. The molecule has 132 valence electrons. The molecular formula is C20H25N3OS. The topological polar surface area (TPSA) is 27.7 Å². The van der Waals surface area contributed by atoms with Crippen LogP contribution < -0.4 is 15.0 Å². The summed E-state index contributed by atoms with van der Waals surface area (Å²) >= 11 is 5.58. The van der Waals surface area contributed by atoms with E-state index in [1.165, 1.54) is 16.8 Å². The highest BCUT2D eigenvalue weighted by Crippen LogP contribution is 2.24. The molecule has 0 aromatic heterocycles. The number of nitrogens with one attached hydrogen (secondary N) is 1. The van der Waals surface area contributed by atoms with Crippen LogP contribution in [0.15, 0.2) is 42.5 Å². The van der Waals surface area contributed by atoms with Gasteiger partial charge in [-0.25, -0.2) is 0 Å². The molecule has 3 rings (SSSR count). The SMILES string of the molecule is COc1ccc(NC(=S)N2CCN(c3cccc(C)c3C)CC2)cc1. The number of aryl methyl sites for hydroxylation is 1. The van der Waals surface area contributed by atoms with E-state index in [2.05, 4.69) is 47.2 Å². The summed E-state index contributed by atoms with van der Waals surface area (Å²) in [6, 6.07) is 14.4. The highest BCUT2D eigenvalue weighted by Gasteiger charge is 2.20. The molecule has 0 unspecified atom stereocenters. The monoisotopic (exact) mass is 355 g/mol. The first kappa shape index (κ1) is 17.5. The normalized spacial score (nSPS) is 14.4. The van der Waals surface area contributed by atoms with Crippen molar-refractivity contribution >= 4 is 28.7 Å². The second kappa shape index (κ2) is 7.74. The van der Waals surface area contributed by atoms with E-state index in [9.17, 15) is 0 Å². The molecule has 1 fully saturated rings. The van der Waals surface area contributed by atoms with E-state index in [-0.39, 0.29) is 0 Å². The van der Waals surface area contributed by atoms with Crippen molar-refractivity contribution in [3.8, 4) is 5.75 Å². The Hall–Kier alpha value is -2.27. The molecule has 0 saturated carbocycles. The molecule has 0 spiro atoms. The number of benzene rings is 2. The maximum absolute atomic E-state index is 5.58. The Kier molecular flexibility index (Phi) is 5.43. The lowest BCUT2D eigenvalue weighted by Gasteiger charge is -2.38. The maximum Gasteiger partial charge on any atom is 0.173 e. The van der Waals surface area contributed by atoms with Gasteiger partial charge in [0.15, 0.2) is 5.11 Å². The summed E-state index contributed by atoms with van der Waals surface area (Å²) < 4.78 is 5.19. The van der Waals surface area contributed by atoms with E-state index in [0.717, 1.165) is 42.7 Å². The van der Waals surface area contributed by atoms with Crippen molar-refractivity contribution in [2.75, 3.05) is 43.5 Å². The molecule has 1 saturated heterocycles. The molecular weight excluding hydrogens is 330 g/mol. The van der Waals surface area contributed by atoms with Gasteiger partial charge in [-0.15, -0.1) is 0 Å². The Morgan fingerprint density at radius 3 is 2.32 bits per heavy atom. The van der Waals surface area contributed by atoms with Gasteiger partial charge in [-0.05, 0) is 67.5 Å². The zero-order chi connectivity index (χ0) is 17.8. The van der Waals surface area contributed by atoms with E-state index in [0.29, 0.717) is 0 Å². The van der Waals surface area contributed by atoms with Gasteiger partial charge in [0, 0.05) is 37.6 Å². The van der Waals surface area contributed by atoms with Crippen molar-refractivity contribution in [2.24, 2.45) is 0 Å². The number of hydrogen-bond donors (Lipinski definition) is 1. The highest BCUT2D eigenvalue weighted by molar-refractivity contribution is 7.80. The van der Waals surface area contributed by atoms with E-state index >= 15 is 0 Å². The van der Waals surface area contributed by atoms with Crippen LogP contribution >= 0.6 is 12.2 Å². The lowest BCUT2D eigenvalue weighted by atomic mass is 10.1. The smallest absolute Gasteiger partial charge is 0.173 e. The Bertz CT molecular complexity index is 737. The zero-order valence-electron chi connectivity index (χ0n) is 15.1. The number of ether oxygens (including phenoxy) is 1. The molecule has 2 aromatic rings. The summed E-state index contributed by atoms with van der Waals surface area (Å²) in [5.74, 6) is 0.846. The van der Waals surface area contributed by atoms with Crippen LogP contribution in [0.5, 0.6) is 5.75 Å². The summed E-state index contributed by atoms with van der Waals surface area (Å²) in [5.41, 5.74) is 5.04. The quantitative estimate of drug-likeness (QED) is 0.845. The van der Waals surface area contributed by atoms with Crippen molar-refractivity contribution in [3.63, 3.8) is 0 Å². The molecule has 0 aliphatic carbocycles. The molecule has 0 radical (unpaired) electrons. The molecule has 1 N–H and O–H groups in total. The van der Waals surface area contributed by atoms with E-state index in [1.54, 1.807) is 7.11 Å². The van der Waals surface area contributed by atoms with E-state index in [4.69, 9.17) is 17.0 Å². The molecule has 0 bridgehead atoms. The summed E-state index contributed by atoms with van der Waals surface area (Å²) in [7, 11) is 1.67. The Morgan fingerprint density at radius 1 is 1.00 bits per heavy atom. The van der Waals surface area contributed by atoms with E-state index < -0.39 is 0 Å². The first-order valence-electron chi connectivity index (χ1n) is 8.59. The van der Waals surface area contributed by atoms with Crippen molar-refractivity contribution in [2.45, 2.75) is 13.8 Å². The molecule has 2 aromatic carbocycles. The Labute approximate surface area is 155 Å². The molecule has 5 heteroatoms. The Balaban J connectivity index is 1.57. The number of nitrogens with zero attached hydrogens (tertiary/aromatic N) is 2. The predicted octanol–water partition coefficient (Wildman–Crippen LogP) is 3.83. The number of piperazine rings is 1. The van der Waals surface area contributed by atoms with Crippen LogP contribution in [0.2, 0.25) is 0 Å². The number of methoxy groups -OCH3 is 1. The van der Waals surface area contributed by atoms with Crippen LogP contribution in [-0.4, -0.2) is 43.3 Å². The minimum atomic E-state index is 0.783. The third kappa shape index (κ3) is 4.04. The van der Waals surface area contributed by atoms with Crippen molar-refractivity contribution in [3.05, 3.63) is 53.6 Å². The average Bonchev–Trinajstić information content (AvgIpc) is 2.65. The van der Waals surface area contributed by atoms with Crippen LogP contribution in [0, 0.1) is 13.8 Å². The lowest BCUT2D eigenvalue weighted by molar-refractivity contribution is 0.390. The molecule has 1 aliphatic rings. The highest BCUT2D eigenvalue weighted by atomic mass is 32.1. The first-order valence-corrected chi connectivity index (χ1v) is 9.00. The summed E-state index contributed by atoms with van der Waals surface area (Å²) in [5, 5.41) is 4.10. The predicted molar refractivity (Wildman–Crippen MR) is 109 cm³/mol. The maximum atomic E-state index is 5.58. The number of anilines is 2. The van der Waals surface area contributed by atoms with Gasteiger partial charge in [-0.2, -0.15) is 0 Å². The summed E-state index contributed by atoms with van der Waals surface area (Å²) in [4.78, 5) is 4.69. The second-order valence-electron chi connectivity index (χ2n) is 6.35. The third-order valence-electron chi connectivity index (χ3n) is 4.82. The van der Waals surface area contributed by atoms with Gasteiger partial charge in [0.25, 0.3) is 0 Å². The van der Waals surface area contributed by atoms with Crippen LogP contribution in [-0.2, 0) is 0 Å². The fourth-order valence-corrected chi connectivity index (χ4v) is 3.41. The van der Waals surface area contributed by atoms with Crippen LogP contribution in [0.3, 0.4) is 0 Å². The standard InChI is InChI=1S/C20H25N3OS/c1-15-5-4-6-19(16(15)2)22-11-13-23(14-12-22)20(25)21-17-7-9-18(24-3)10-8-17/h4-10H,11-14H2,1-3H3,(H,21,25). The fraction of sp³-hybridized carbons (Fsp3) is 0.350. The van der Waals surface area contributed by atoms with Crippen molar-refractivity contribution in [1.29, 1.82) is 0 Å². The number of rotatable bonds is 3. The molecule has 0 amide bonds. The largest absolute Gasteiger partial charge is 0.497 e. The first-order chi connectivity index (χ1) is 12.1. The second-order valence-corrected chi connectivity index (χ2v) is 6.74. The molecule has 25 heavy (non-hydrogen) atoms. The van der Waals surface area contributed by atoms with Gasteiger partial charge in [-0.1, -0.05) is 12.1 Å². The molecule has 1 aliphatic heterocycles. The van der Waals surface area contributed by atoms with Gasteiger partial charge < -0.3 is 19.9 Å². The van der Waals surface area contributed by atoms with Crippen molar-refractivity contribution < 1.29 is 4.74 Å².